The fourth-order valence-corrected chi connectivity index (χ4v) is 31.9. The molecule has 0 saturated carbocycles. The van der Waals surface area contributed by atoms with Crippen molar-refractivity contribution in [3.63, 3.8) is 0 Å². The Morgan fingerprint density at radius 1 is 0.766 bits per heavy atom. The average Bonchev–Trinajstić information content (AvgIpc) is 3.06. The molecule has 0 N–H and O–H groups in total. The number of aryl methyl sites for hydroxylation is 1. The molecule has 0 bridgehead atoms. The van der Waals surface area contributed by atoms with E-state index in [4.69, 9.17) is 4.43 Å². The van der Waals surface area contributed by atoms with Crippen molar-refractivity contribution in [2.24, 2.45) is 0 Å². The number of rotatable bonds is 19. The first kappa shape index (κ1) is 39.6. The van der Waals surface area contributed by atoms with Gasteiger partial charge in [0.2, 0.25) is 0 Å². The molecule has 3 rings (SSSR count). The molecule has 0 amide bonds. The van der Waals surface area contributed by atoms with Gasteiger partial charge in [-0.15, -0.1) is 0 Å². The van der Waals surface area contributed by atoms with Gasteiger partial charge in [0.1, 0.15) is 0 Å². The van der Waals surface area contributed by atoms with Crippen molar-refractivity contribution >= 4 is 47.1 Å². The summed E-state index contributed by atoms with van der Waals surface area (Å²) in [4.78, 5) is 0.377. The van der Waals surface area contributed by atoms with Crippen molar-refractivity contribution < 1.29 is 12.8 Å². The first-order valence-corrected chi connectivity index (χ1v) is 28.7. The monoisotopic (exact) mass is 783 g/mol. The number of hydrogen-bond acceptors (Lipinski definition) is 3. The summed E-state index contributed by atoms with van der Waals surface area (Å²) in [5.41, 5.74) is 1.06. The molecule has 0 atom stereocenters. The van der Waals surface area contributed by atoms with Crippen LogP contribution in [0.1, 0.15) is 92.1 Å². The topological polar surface area (TPSA) is 46.6 Å². The first-order chi connectivity index (χ1) is 22.4. The van der Waals surface area contributed by atoms with E-state index in [1.165, 1.54) is 23.7 Å². The zero-order valence-electron chi connectivity index (χ0n) is 30.5. The van der Waals surface area contributed by atoms with Gasteiger partial charge in [-0.25, -0.2) is 0 Å². The van der Waals surface area contributed by atoms with Gasteiger partial charge in [0.25, 0.3) is 0 Å². The fourth-order valence-electron chi connectivity index (χ4n) is 7.15. The molecule has 4 nitrogen and oxygen atoms in total. The summed E-state index contributed by atoms with van der Waals surface area (Å²) >= 11 is -3.22. The van der Waals surface area contributed by atoms with Crippen LogP contribution in [0.15, 0.2) is 99.6 Å². The second-order valence-corrected chi connectivity index (χ2v) is 33.6. The molecule has 47 heavy (non-hydrogen) atoms. The Kier molecular flexibility index (Phi) is 15.3. The third-order valence-electron chi connectivity index (χ3n) is 9.78. The van der Waals surface area contributed by atoms with Gasteiger partial charge in [-0.3, -0.25) is 0 Å². The molecule has 0 aliphatic rings. The average molecular weight is 783 g/mol. The Balaban J connectivity index is 2.14. The fraction of sp³-hybridized carbons (Fsp3) is 0.500. The Morgan fingerprint density at radius 3 is 1.62 bits per heavy atom. The van der Waals surface area contributed by atoms with E-state index in [9.17, 15) is 8.42 Å². The van der Waals surface area contributed by atoms with Crippen molar-refractivity contribution in [3.05, 3.63) is 100 Å². The minimum atomic E-state index is -3.70. The van der Waals surface area contributed by atoms with Gasteiger partial charge in [-0.05, 0) is 0 Å². The van der Waals surface area contributed by atoms with E-state index in [1.807, 2.05) is 26.1 Å². The molecule has 0 aliphatic carbocycles. The summed E-state index contributed by atoms with van der Waals surface area (Å²) < 4.78 is 42.4. The number of sulfonamides is 1. The SMILES string of the molecule is CCC[CH2][Sn]([CH2]CCC)([CH2]CCC)/[C](=C/CCO[Si](c1ccccc1)(c1ccccc1)C(C)(C)C)N(C)S(=O)(=O)c1ccc(C)cc1. The standard InChI is InChI=1S/C28H34NO3SSi.3C4H9.Sn/c1-24-18-20-25(21-19-24)33(30,31)29(5)22-12-13-23-32-34(28(2,3)4,26-14-8-6-9-15-26)27-16-10-7-11-17-27;3*1-3-4-2;/h6-12,14-21H,13,23H2,1-5H3;3*1,3-4H2,2H3;. The summed E-state index contributed by atoms with van der Waals surface area (Å²) in [5.74, 6) is 0. The minimum absolute atomic E-state index is 0.111. The Morgan fingerprint density at radius 2 is 1.21 bits per heavy atom. The second kappa shape index (κ2) is 18.2. The molecule has 0 unspecified atom stereocenters. The van der Waals surface area contributed by atoms with Crippen molar-refractivity contribution in [1.82, 2.24) is 4.31 Å². The van der Waals surface area contributed by atoms with Crippen LogP contribution in [0.25, 0.3) is 0 Å². The van der Waals surface area contributed by atoms with Crippen LogP contribution in [-0.4, -0.2) is 53.1 Å². The van der Waals surface area contributed by atoms with Gasteiger partial charge in [-0.1, -0.05) is 0 Å². The summed E-state index contributed by atoms with van der Waals surface area (Å²) in [5, 5.41) is 2.42. The summed E-state index contributed by atoms with van der Waals surface area (Å²) in [6.07, 6.45) is 9.91. The maximum atomic E-state index is 14.3. The Bertz CT molecular complexity index is 1420. The zero-order chi connectivity index (χ0) is 34.6. The van der Waals surface area contributed by atoms with E-state index < -0.39 is 36.7 Å². The molecule has 0 spiro atoms. The van der Waals surface area contributed by atoms with Crippen LogP contribution in [0.2, 0.25) is 18.3 Å². The number of benzene rings is 3. The third-order valence-corrected chi connectivity index (χ3v) is 32.9. The second-order valence-electron chi connectivity index (χ2n) is 14.3. The molecule has 0 radical (unpaired) electrons. The summed E-state index contributed by atoms with van der Waals surface area (Å²) in [6.45, 7) is 16.3. The van der Waals surface area contributed by atoms with Crippen LogP contribution in [0.3, 0.4) is 0 Å². The van der Waals surface area contributed by atoms with Crippen LogP contribution in [0.5, 0.6) is 0 Å². The molecule has 0 saturated heterocycles. The van der Waals surface area contributed by atoms with Gasteiger partial charge in [0.15, 0.2) is 0 Å². The Labute approximate surface area is 293 Å². The van der Waals surface area contributed by atoms with Gasteiger partial charge in [0.05, 0.1) is 0 Å². The van der Waals surface area contributed by atoms with Crippen LogP contribution in [0.4, 0.5) is 0 Å². The van der Waals surface area contributed by atoms with E-state index in [1.54, 1.807) is 16.4 Å². The van der Waals surface area contributed by atoms with Crippen molar-refractivity contribution in [3.8, 4) is 0 Å². The zero-order valence-corrected chi connectivity index (χ0v) is 35.2. The molecular weight excluding hydrogens is 721 g/mol. The van der Waals surface area contributed by atoms with E-state index in [0.29, 0.717) is 17.9 Å². The van der Waals surface area contributed by atoms with E-state index in [0.717, 1.165) is 47.8 Å². The molecule has 0 aliphatic heterocycles. The van der Waals surface area contributed by atoms with Gasteiger partial charge < -0.3 is 0 Å². The van der Waals surface area contributed by atoms with Crippen LogP contribution in [0, 0.1) is 6.92 Å². The van der Waals surface area contributed by atoms with Crippen LogP contribution < -0.4 is 10.4 Å². The molecule has 3 aromatic rings. The molecule has 0 heterocycles. The van der Waals surface area contributed by atoms with Crippen LogP contribution in [-0.2, 0) is 14.4 Å². The van der Waals surface area contributed by atoms with E-state index in [-0.39, 0.29) is 5.04 Å². The van der Waals surface area contributed by atoms with Crippen molar-refractivity contribution in [2.75, 3.05) is 13.7 Å². The quantitative estimate of drug-likeness (QED) is 0.0899. The summed E-state index contributed by atoms with van der Waals surface area (Å²) in [6, 6.07) is 28.9. The molecule has 3 aromatic carbocycles. The summed E-state index contributed by atoms with van der Waals surface area (Å²) in [7, 11) is -4.57. The predicted octanol–water partition coefficient (Wildman–Crippen LogP) is 9.85. The number of unbranched alkanes of at least 4 members (excludes halogenated alkanes) is 3. The molecule has 0 fully saturated rings. The predicted molar refractivity (Wildman–Crippen MR) is 207 cm³/mol. The van der Waals surface area contributed by atoms with Crippen LogP contribution >= 0.6 is 0 Å². The third kappa shape index (κ3) is 9.64. The van der Waals surface area contributed by atoms with E-state index in [2.05, 4.69) is 108 Å². The van der Waals surface area contributed by atoms with Gasteiger partial charge in [0, 0.05) is 0 Å². The first-order valence-electron chi connectivity index (χ1n) is 17.9. The number of hydrogen-bond donors (Lipinski definition) is 0. The van der Waals surface area contributed by atoms with E-state index >= 15 is 0 Å². The maximum absolute atomic E-state index is 14.3. The normalized spacial score (nSPS) is 13.1. The molecule has 0 aromatic heterocycles. The van der Waals surface area contributed by atoms with Crippen molar-refractivity contribution in [2.45, 2.75) is 117 Å². The Hall–Kier alpha value is -1.87. The molecule has 258 valence electrons. The number of nitrogens with zero attached hydrogens (tertiary/aromatic N) is 1. The van der Waals surface area contributed by atoms with Gasteiger partial charge >= 0.3 is 295 Å². The molecule has 7 heteroatoms. The van der Waals surface area contributed by atoms with Gasteiger partial charge in [-0.2, -0.15) is 0 Å². The molecular formula is C40H61NO3SSiSn. The van der Waals surface area contributed by atoms with Crippen molar-refractivity contribution in [1.29, 1.82) is 0 Å².